The lowest BCUT2D eigenvalue weighted by Gasteiger charge is -2.14. The van der Waals surface area contributed by atoms with Crippen LogP contribution in [0.4, 0.5) is 0 Å². The third kappa shape index (κ3) is 5.25. The van der Waals surface area contributed by atoms with Gasteiger partial charge in [-0.3, -0.25) is 0 Å². The molecule has 0 amide bonds. The van der Waals surface area contributed by atoms with Gasteiger partial charge < -0.3 is 14.8 Å². The molecule has 0 unspecified atom stereocenters. The van der Waals surface area contributed by atoms with Gasteiger partial charge in [0.2, 0.25) is 0 Å². The zero-order chi connectivity index (χ0) is 19.1. The predicted octanol–water partition coefficient (Wildman–Crippen LogP) is 5.53. The fraction of sp³-hybridized carbons (Fsp3) is 0.217. The van der Waals surface area contributed by atoms with Gasteiger partial charge in [0, 0.05) is 18.1 Å². The quantitative estimate of drug-likeness (QED) is 0.556. The Hall–Kier alpha value is -2.49. The van der Waals surface area contributed by atoms with Crippen LogP contribution in [0.1, 0.15) is 22.3 Å². The third-order valence-electron chi connectivity index (χ3n) is 4.47. The molecule has 3 aromatic rings. The Bertz CT molecular complexity index is 895. The number of benzene rings is 3. The summed E-state index contributed by atoms with van der Waals surface area (Å²) in [5.41, 5.74) is 4.60. The monoisotopic (exact) mass is 381 g/mol. The number of nitrogens with one attached hydrogen (secondary N) is 1. The molecular weight excluding hydrogens is 358 g/mol. The second-order valence-corrected chi connectivity index (χ2v) is 6.80. The van der Waals surface area contributed by atoms with Crippen molar-refractivity contribution < 1.29 is 9.47 Å². The van der Waals surface area contributed by atoms with Crippen molar-refractivity contribution >= 4 is 11.6 Å². The highest BCUT2D eigenvalue weighted by Gasteiger charge is 2.07. The van der Waals surface area contributed by atoms with Crippen molar-refractivity contribution in [2.75, 3.05) is 7.11 Å². The summed E-state index contributed by atoms with van der Waals surface area (Å²) >= 11 is 6.19. The molecule has 0 fully saturated rings. The smallest absolute Gasteiger partial charge is 0.161 e. The van der Waals surface area contributed by atoms with E-state index in [1.165, 1.54) is 11.1 Å². The van der Waals surface area contributed by atoms with Crippen LogP contribution < -0.4 is 14.8 Å². The number of hydrogen-bond acceptors (Lipinski definition) is 3. The molecule has 0 aliphatic rings. The van der Waals surface area contributed by atoms with Crippen LogP contribution in [-0.2, 0) is 19.7 Å². The highest BCUT2D eigenvalue weighted by Crippen LogP contribution is 2.29. The van der Waals surface area contributed by atoms with E-state index >= 15 is 0 Å². The van der Waals surface area contributed by atoms with Gasteiger partial charge in [-0.2, -0.15) is 0 Å². The lowest BCUT2D eigenvalue weighted by molar-refractivity contribution is 0.283. The summed E-state index contributed by atoms with van der Waals surface area (Å²) in [6.45, 7) is 4.05. The first-order valence-electron chi connectivity index (χ1n) is 8.95. The first-order valence-corrected chi connectivity index (χ1v) is 9.33. The summed E-state index contributed by atoms with van der Waals surface area (Å²) in [5, 5.41) is 4.19. The Labute approximate surface area is 165 Å². The third-order valence-corrected chi connectivity index (χ3v) is 4.84. The molecule has 3 nitrogen and oxygen atoms in total. The molecule has 0 bridgehead atoms. The molecule has 0 atom stereocenters. The van der Waals surface area contributed by atoms with Gasteiger partial charge in [-0.15, -0.1) is 0 Å². The molecule has 3 aromatic carbocycles. The van der Waals surface area contributed by atoms with Crippen LogP contribution in [0.25, 0.3) is 0 Å². The summed E-state index contributed by atoms with van der Waals surface area (Å²) in [4.78, 5) is 0. The molecule has 4 heteroatoms. The minimum absolute atomic E-state index is 0.521. The van der Waals surface area contributed by atoms with Crippen molar-refractivity contribution in [3.8, 4) is 11.5 Å². The van der Waals surface area contributed by atoms with Crippen molar-refractivity contribution in [3.63, 3.8) is 0 Å². The van der Waals surface area contributed by atoms with E-state index in [-0.39, 0.29) is 0 Å². The van der Waals surface area contributed by atoms with E-state index in [2.05, 4.69) is 30.4 Å². The zero-order valence-corrected chi connectivity index (χ0v) is 16.4. The van der Waals surface area contributed by atoms with Gasteiger partial charge in [-0.1, -0.05) is 60.1 Å². The normalized spacial score (nSPS) is 10.6. The average Bonchev–Trinajstić information content (AvgIpc) is 2.69. The van der Waals surface area contributed by atoms with Crippen LogP contribution in [0, 0.1) is 6.92 Å². The highest BCUT2D eigenvalue weighted by atomic mass is 35.5. The summed E-state index contributed by atoms with van der Waals surface area (Å²) in [5.74, 6) is 1.48. The molecule has 0 saturated heterocycles. The standard InChI is InChI=1S/C23H24ClNO2/c1-17-7-3-4-9-20(17)16-27-22-12-11-18(13-23(22)26-2)14-25-15-19-8-5-6-10-21(19)24/h3-13,25H,14-16H2,1-2H3. The summed E-state index contributed by atoms with van der Waals surface area (Å²) in [7, 11) is 1.66. The van der Waals surface area contributed by atoms with E-state index in [0.717, 1.165) is 34.2 Å². The fourth-order valence-electron chi connectivity index (χ4n) is 2.85. The van der Waals surface area contributed by atoms with Crippen LogP contribution in [0.3, 0.4) is 0 Å². The number of rotatable bonds is 8. The van der Waals surface area contributed by atoms with Crippen molar-refractivity contribution in [1.29, 1.82) is 0 Å². The first kappa shape index (κ1) is 19.3. The molecule has 0 saturated carbocycles. The van der Waals surface area contributed by atoms with Gasteiger partial charge >= 0.3 is 0 Å². The van der Waals surface area contributed by atoms with Gasteiger partial charge in [0.15, 0.2) is 11.5 Å². The number of halogens is 1. The van der Waals surface area contributed by atoms with Crippen molar-refractivity contribution in [3.05, 3.63) is 94.0 Å². The molecule has 1 N–H and O–H groups in total. The predicted molar refractivity (Wildman–Crippen MR) is 111 cm³/mol. The van der Waals surface area contributed by atoms with Crippen molar-refractivity contribution in [2.45, 2.75) is 26.6 Å². The molecule has 0 radical (unpaired) electrons. The summed E-state index contributed by atoms with van der Waals surface area (Å²) in [6.07, 6.45) is 0. The molecule has 0 aromatic heterocycles. The van der Waals surface area contributed by atoms with Crippen LogP contribution in [-0.4, -0.2) is 7.11 Å². The number of hydrogen-bond donors (Lipinski definition) is 1. The van der Waals surface area contributed by atoms with Crippen LogP contribution in [0.5, 0.6) is 11.5 Å². The maximum absolute atomic E-state index is 6.19. The van der Waals surface area contributed by atoms with Crippen LogP contribution >= 0.6 is 11.6 Å². The Morgan fingerprint density at radius 1 is 0.852 bits per heavy atom. The SMILES string of the molecule is COc1cc(CNCc2ccccc2Cl)ccc1OCc1ccccc1C. The van der Waals surface area contributed by atoms with Gasteiger partial charge in [-0.25, -0.2) is 0 Å². The topological polar surface area (TPSA) is 30.5 Å². The first-order chi connectivity index (χ1) is 13.2. The lowest BCUT2D eigenvalue weighted by Crippen LogP contribution is -2.13. The minimum atomic E-state index is 0.521. The van der Waals surface area contributed by atoms with Crippen LogP contribution in [0.15, 0.2) is 66.7 Å². The minimum Gasteiger partial charge on any atom is -0.493 e. The number of ether oxygens (including phenoxy) is 2. The molecular formula is C23H24ClNO2. The van der Waals surface area contributed by atoms with Crippen LogP contribution in [0.2, 0.25) is 5.02 Å². The van der Waals surface area contributed by atoms with E-state index in [1.807, 2.05) is 48.5 Å². The summed E-state index contributed by atoms with van der Waals surface area (Å²) < 4.78 is 11.5. The largest absolute Gasteiger partial charge is 0.493 e. The molecule has 0 spiro atoms. The Balaban J connectivity index is 1.60. The van der Waals surface area contributed by atoms with Gasteiger partial charge in [0.1, 0.15) is 6.61 Å². The molecule has 140 valence electrons. The molecule has 0 aliphatic carbocycles. The Kier molecular flexibility index (Phi) is 6.74. The van der Waals surface area contributed by atoms with Crippen molar-refractivity contribution in [2.24, 2.45) is 0 Å². The fourth-order valence-corrected chi connectivity index (χ4v) is 3.05. The maximum Gasteiger partial charge on any atom is 0.161 e. The number of methoxy groups -OCH3 is 1. The second kappa shape index (κ2) is 9.45. The van der Waals surface area contributed by atoms with E-state index in [0.29, 0.717) is 13.2 Å². The molecule has 0 heterocycles. The van der Waals surface area contributed by atoms with E-state index < -0.39 is 0 Å². The van der Waals surface area contributed by atoms with Gasteiger partial charge in [0.25, 0.3) is 0 Å². The van der Waals surface area contributed by atoms with Crippen molar-refractivity contribution in [1.82, 2.24) is 5.32 Å². The average molecular weight is 382 g/mol. The molecule has 27 heavy (non-hydrogen) atoms. The Morgan fingerprint density at radius 3 is 2.33 bits per heavy atom. The van der Waals surface area contributed by atoms with E-state index in [1.54, 1.807) is 7.11 Å². The zero-order valence-electron chi connectivity index (χ0n) is 15.7. The maximum atomic E-state index is 6.19. The number of aryl methyl sites for hydroxylation is 1. The lowest BCUT2D eigenvalue weighted by atomic mass is 10.1. The highest BCUT2D eigenvalue weighted by molar-refractivity contribution is 6.31. The van der Waals surface area contributed by atoms with E-state index in [9.17, 15) is 0 Å². The van der Waals surface area contributed by atoms with Gasteiger partial charge in [-0.05, 0) is 47.4 Å². The molecule has 0 aliphatic heterocycles. The molecule has 3 rings (SSSR count). The summed E-state index contributed by atoms with van der Waals surface area (Å²) in [6, 6.07) is 22.1. The second-order valence-electron chi connectivity index (χ2n) is 6.40. The van der Waals surface area contributed by atoms with Gasteiger partial charge in [0.05, 0.1) is 7.11 Å². The van der Waals surface area contributed by atoms with E-state index in [4.69, 9.17) is 21.1 Å². The Morgan fingerprint density at radius 2 is 1.59 bits per heavy atom.